The molecule has 2 rings (SSSR count). The maximum absolute atomic E-state index is 6.34. The SMILES string of the molecule is CCn1ncc(OC)c1C(N)CC1=CCCCC1. The summed E-state index contributed by atoms with van der Waals surface area (Å²) < 4.78 is 7.29. The summed E-state index contributed by atoms with van der Waals surface area (Å²) in [4.78, 5) is 0. The highest BCUT2D eigenvalue weighted by molar-refractivity contribution is 5.29. The van der Waals surface area contributed by atoms with E-state index in [9.17, 15) is 0 Å². The number of ether oxygens (including phenoxy) is 1. The van der Waals surface area contributed by atoms with Crippen LogP contribution in [0.15, 0.2) is 17.8 Å². The molecule has 0 spiro atoms. The topological polar surface area (TPSA) is 53.1 Å². The molecule has 0 fully saturated rings. The van der Waals surface area contributed by atoms with Crippen molar-refractivity contribution in [3.63, 3.8) is 0 Å². The number of allylic oxidation sites excluding steroid dienone is 1. The molecule has 18 heavy (non-hydrogen) atoms. The maximum atomic E-state index is 6.34. The fourth-order valence-corrected chi connectivity index (χ4v) is 2.63. The smallest absolute Gasteiger partial charge is 0.161 e. The van der Waals surface area contributed by atoms with Crippen LogP contribution in [-0.4, -0.2) is 16.9 Å². The maximum Gasteiger partial charge on any atom is 0.161 e. The van der Waals surface area contributed by atoms with E-state index < -0.39 is 0 Å². The normalized spacial score (nSPS) is 17.4. The van der Waals surface area contributed by atoms with Gasteiger partial charge < -0.3 is 10.5 Å². The molecule has 1 aromatic heterocycles. The second-order valence-corrected chi connectivity index (χ2v) is 4.83. The number of nitrogens with two attached hydrogens (primary N) is 1. The first-order chi connectivity index (χ1) is 8.76. The Balaban J connectivity index is 2.14. The summed E-state index contributed by atoms with van der Waals surface area (Å²) in [7, 11) is 1.67. The van der Waals surface area contributed by atoms with Crippen molar-refractivity contribution in [2.45, 2.75) is 51.6 Å². The first-order valence-electron chi connectivity index (χ1n) is 6.79. The Bertz CT molecular complexity index is 401. The van der Waals surface area contributed by atoms with Gasteiger partial charge in [-0.2, -0.15) is 5.10 Å². The lowest BCUT2D eigenvalue weighted by molar-refractivity contribution is 0.400. The second kappa shape index (κ2) is 6.05. The van der Waals surface area contributed by atoms with E-state index in [1.807, 2.05) is 4.68 Å². The van der Waals surface area contributed by atoms with Crippen molar-refractivity contribution >= 4 is 0 Å². The summed E-state index contributed by atoms with van der Waals surface area (Å²) in [5, 5.41) is 4.31. The average Bonchev–Trinajstić information content (AvgIpc) is 2.82. The van der Waals surface area contributed by atoms with E-state index in [0.29, 0.717) is 0 Å². The molecule has 100 valence electrons. The molecular weight excluding hydrogens is 226 g/mol. The molecule has 4 nitrogen and oxygen atoms in total. The van der Waals surface area contributed by atoms with E-state index in [2.05, 4.69) is 18.1 Å². The zero-order valence-electron chi connectivity index (χ0n) is 11.4. The first kappa shape index (κ1) is 13.1. The monoisotopic (exact) mass is 249 g/mol. The first-order valence-corrected chi connectivity index (χ1v) is 6.79. The Kier molecular flexibility index (Phi) is 4.42. The molecule has 0 aliphatic heterocycles. The highest BCUT2D eigenvalue weighted by atomic mass is 16.5. The van der Waals surface area contributed by atoms with Gasteiger partial charge in [0.05, 0.1) is 25.0 Å². The lowest BCUT2D eigenvalue weighted by Gasteiger charge is -2.19. The van der Waals surface area contributed by atoms with E-state index in [0.717, 1.165) is 24.4 Å². The van der Waals surface area contributed by atoms with Crippen molar-refractivity contribution in [1.82, 2.24) is 9.78 Å². The van der Waals surface area contributed by atoms with Crippen molar-refractivity contribution in [2.24, 2.45) is 5.73 Å². The predicted octanol–water partition coefficient (Wildman–Crippen LogP) is 2.80. The average molecular weight is 249 g/mol. The zero-order chi connectivity index (χ0) is 13.0. The molecule has 0 bridgehead atoms. The van der Waals surface area contributed by atoms with Crippen molar-refractivity contribution < 1.29 is 4.74 Å². The number of aryl methyl sites for hydroxylation is 1. The molecule has 1 heterocycles. The Labute approximate surface area is 109 Å². The van der Waals surface area contributed by atoms with Crippen LogP contribution in [0.2, 0.25) is 0 Å². The van der Waals surface area contributed by atoms with Crippen LogP contribution in [0.25, 0.3) is 0 Å². The molecule has 4 heteroatoms. The van der Waals surface area contributed by atoms with Gasteiger partial charge in [-0.1, -0.05) is 11.6 Å². The molecule has 2 N–H and O–H groups in total. The highest BCUT2D eigenvalue weighted by Gasteiger charge is 2.19. The number of nitrogens with zero attached hydrogens (tertiary/aromatic N) is 2. The summed E-state index contributed by atoms with van der Waals surface area (Å²) >= 11 is 0. The summed E-state index contributed by atoms with van der Waals surface area (Å²) in [6.45, 7) is 2.90. The van der Waals surface area contributed by atoms with Gasteiger partial charge in [-0.25, -0.2) is 0 Å². The van der Waals surface area contributed by atoms with Crippen molar-refractivity contribution in [3.05, 3.63) is 23.5 Å². The Morgan fingerprint density at radius 3 is 2.94 bits per heavy atom. The largest absolute Gasteiger partial charge is 0.493 e. The van der Waals surface area contributed by atoms with Crippen LogP contribution < -0.4 is 10.5 Å². The quantitative estimate of drug-likeness (QED) is 0.816. The second-order valence-electron chi connectivity index (χ2n) is 4.83. The van der Waals surface area contributed by atoms with E-state index in [1.165, 1.54) is 31.3 Å². The molecule has 0 aromatic carbocycles. The fraction of sp³-hybridized carbons (Fsp3) is 0.643. The third-order valence-electron chi connectivity index (χ3n) is 3.58. The lowest BCUT2D eigenvalue weighted by Crippen LogP contribution is -2.18. The molecule has 1 atom stereocenters. The van der Waals surface area contributed by atoms with Gasteiger partial charge in [0.25, 0.3) is 0 Å². The van der Waals surface area contributed by atoms with Crippen LogP contribution in [0.4, 0.5) is 0 Å². The minimum absolute atomic E-state index is 0.0215. The predicted molar refractivity (Wildman–Crippen MR) is 72.5 cm³/mol. The van der Waals surface area contributed by atoms with Crippen LogP contribution in [-0.2, 0) is 6.54 Å². The van der Waals surface area contributed by atoms with Gasteiger partial charge >= 0.3 is 0 Å². The van der Waals surface area contributed by atoms with Crippen LogP contribution in [0.5, 0.6) is 5.75 Å². The number of aromatic nitrogens is 2. The van der Waals surface area contributed by atoms with Gasteiger partial charge in [0.15, 0.2) is 5.75 Å². The third kappa shape index (κ3) is 2.75. The van der Waals surface area contributed by atoms with Crippen LogP contribution >= 0.6 is 0 Å². The summed E-state index contributed by atoms with van der Waals surface area (Å²) in [6, 6.07) is -0.0215. The van der Waals surface area contributed by atoms with Gasteiger partial charge in [-0.15, -0.1) is 0 Å². The molecule has 1 unspecified atom stereocenters. The Hall–Kier alpha value is -1.29. The molecule has 1 aliphatic rings. The van der Waals surface area contributed by atoms with Gasteiger partial charge in [0.2, 0.25) is 0 Å². The van der Waals surface area contributed by atoms with E-state index in [4.69, 9.17) is 10.5 Å². The van der Waals surface area contributed by atoms with E-state index in [1.54, 1.807) is 13.3 Å². The third-order valence-corrected chi connectivity index (χ3v) is 3.58. The molecule has 1 aliphatic carbocycles. The minimum atomic E-state index is -0.0215. The Morgan fingerprint density at radius 2 is 2.33 bits per heavy atom. The van der Waals surface area contributed by atoms with Crippen LogP contribution in [0, 0.1) is 0 Å². The number of rotatable bonds is 5. The number of hydrogen-bond donors (Lipinski definition) is 1. The van der Waals surface area contributed by atoms with Gasteiger partial charge in [-0.05, 0) is 39.0 Å². The lowest BCUT2D eigenvalue weighted by atomic mass is 9.93. The van der Waals surface area contributed by atoms with Gasteiger partial charge in [0.1, 0.15) is 0 Å². The van der Waals surface area contributed by atoms with Crippen molar-refractivity contribution in [2.75, 3.05) is 7.11 Å². The summed E-state index contributed by atoms with van der Waals surface area (Å²) in [5.74, 6) is 0.806. The molecule has 0 amide bonds. The van der Waals surface area contributed by atoms with Gasteiger partial charge in [0, 0.05) is 6.54 Å². The number of hydrogen-bond acceptors (Lipinski definition) is 3. The molecule has 1 aromatic rings. The molecular formula is C14H23N3O. The number of methoxy groups -OCH3 is 1. The summed E-state index contributed by atoms with van der Waals surface area (Å²) in [6.07, 6.45) is 10.0. The zero-order valence-corrected chi connectivity index (χ0v) is 11.4. The molecule has 0 saturated heterocycles. The molecule has 0 saturated carbocycles. The minimum Gasteiger partial charge on any atom is -0.493 e. The van der Waals surface area contributed by atoms with Crippen LogP contribution in [0.3, 0.4) is 0 Å². The summed E-state index contributed by atoms with van der Waals surface area (Å²) in [5.41, 5.74) is 8.85. The standard InChI is InChI=1S/C14H23N3O/c1-3-17-14(13(18-2)10-16-17)12(15)9-11-7-5-4-6-8-11/h7,10,12H,3-6,8-9,15H2,1-2H3. The Morgan fingerprint density at radius 1 is 1.50 bits per heavy atom. The van der Waals surface area contributed by atoms with Gasteiger partial charge in [-0.3, -0.25) is 4.68 Å². The van der Waals surface area contributed by atoms with Crippen molar-refractivity contribution in [3.8, 4) is 5.75 Å². The molecule has 0 radical (unpaired) electrons. The van der Waals surface area contributed by atoms with Crippen molar-refractivity contribution in [1.29, 1.82) is 0 Å². The van der Waals surface area contributed by atoms with E-state index >= 15 is 0 Å². The van der Waals surface area contributed by atoms with E-state index in [-0.39, 0.29) is 6.04 Å². The van der Waals surface area contributed by atoms with Crippen LogP contribution in [0.1, 0.15) is 50.8 Å². The fourth-order valence-electron chi connectivity index (χ4n) is 2.63. The highest BCUT2D eigenvalue weighted by Crippen LogP contribution is 2.30.